The lowest BCUT2D eigenvalue weighted by Gasteiger charge is -2.13. The number of anilines is 2. The number of nitrogens with one attached hydrogen (secondary N) is 2. The van der Waals surface area contributed by atoms with Crippen LogP contribution in [0.3, 0.4) is 0 Å². The Balaban J connectivity index is 1.52. The van der Waals surface area contributed by atoms with Crippen molar-refractivity contribution in [1.29, 1.82) is 0 Å². The maximum atomic E-state index is 11.7. The number of nitrogens with zero attached hydrogens (tertiary/aromatic N) is 3. The van der Waals surface area contributed by atoms with Gasteiger partial charge in [-0.2, -0.15) is 0 Å². The van der Waals surface area contributed by atoms with Crippen molar-refractivity contribution in [2.75, 3.05) is 12.4 Å². The number of carbonyl (C=O) groups excluding carboxylic acids is 1. The molecule has 8 heteroatoms. The van der Waals surface area contributed by atoms with Crippen LogP contribution in [0, 0.1) is 0 Å². The Hall–Kier alpha value is -3.45. The summed E-state index contributed by atoms with van der Waals surface area (Å²) in [6, 6.07) is 10.9. The first-order valence-corrected chi connectivity index (χ1v) is 9.40. The van der Waals surface area contributed by atoms with Crippen LogP contribution in [-0.4, -0.2) is 28.1 Å². The minimum absolute atomic E-state index is 0.241. The fourth-order valence-corrected chi connectivity index (χ4v) is 3.11. The lowest BCUT2D eigenvalue weighted by Crippen LogP contribution is -2.19. The molecule has 1 aromatic carbocycles. The van der Waals surface area contributed by atoms with Crippen LogP contribution >= 0.6 is 11.6 Å². The zero-order chi connectivity index (χ0) is 20.2. The van der Waals surface area contributed by atoms with Gasteiger partial charge in [-0.15, -0.1) is 10.2 Å². The Labute approximate surface area is 172 Å². The van der Waals surface area contributed by atoms with E-state index < -0.39 is 0 Å². The summed E-state index contributed by atoms with van der Waals surface area (Å²) in [7, 11) is 1.57. The summed E-state index contributed by atoms with van der Waals surface area (Å²) in [5, 5.41) is 15.0. The number of ether oxygens (including phenoxy) is 1. The van der Waals surface area contributed by atoms with Crippen LogP contribution < -0.4 is 15.4 Å². The van der Waals surface area contributed by atoms with E-state index in [1.165, 1.54) is 0 Å². The van der Waals surface area contributed by atoms with Crippen LogP contribution in [0.1, 0.15) is 27.2 Å². The smallest absolute Gasteiger partial charge is 0.269 e. The van der Waals surface area contributed by atoms with Crippen LogP contribution in [0.5, 0.6) is 5.88 Å². The average molecular weight is 408 g/mol. The van der Waals surface area contributed by atoms with E-state index >= 15 is 0 Å². The van der Waals surface area contributed by atoms with Gasteiger partial charge in [-0.3, -0.25) is 9.78 Å². The highest BCUT2D eigenvalue weighted by Crippen LogP contribution is 2.33. The predicted molar refractivity (Wildman–Crippen MR) is 111 cm³/mol. The Bertz CT molecular complexity index is 1080. The molecule has 0 bridgehead atoms. The van der Waals surface area contributed by atoms with Gasteiger partial charge in [-0.25, -0.2) is 0 Å². The highest BCUT2D eigenvalue weighted by molar-refractivity contribution is 6.30. The molecule has 3 aromatic rings. The molecular weight excluding hydrogens is 390 g/mol. The average Bonchev–Trinajstić information content (AvgIpc) is 3.25. The molecule has 2 N–H and O–H groups in total. The lowest BCUT2D eigenvalue weighted by molar-refractivity contribution is 0.0958. The molecule has 29 heavy (non-hydrogen) atoms. The molecule has 1 aliphatic carbocycles. The zero-order valence-corrected chi connectivity index (χ0v) is 16.4. The third-order valence-corrected chi connectivity index (χ3v) is 4.70. The number of benzene rings is 1. The number of rotatable bonds is 6. The molecule has 2 aromatic heterocycles. The molecule has 0 saturated carbocycles. The summed E-state index contributed by atoms with van der Waals surface area (Å²) >= 11 is 5.94. The lowest BCUT2D eigenvalue weighted by atomic mass is 10.1. The van der Waals surface area contributed by atoms with Gasteiger partial charge in [-0.1, -0.05) is 23.8 Å². The normalized spacial score (nSPS) is 11.8. The van der Waals surface area contributed by atoms with Gasteiger partial charge in [0.15, 0.2) is 5.82 Å². The van der Waals surface area contributed by atoms with Gasteiger partial charge >= 0.3 is 0 Å². The molecule has 1 aliphatic rings. The molecular formula is C21H18ClN5O2. The number of halogens is 1. The molecule has 0 radical (unpaired) electrons. The molecule has 7 nitrogen and oxygen atoms in total. The number of allylic oxidation sites excluding steroid dienone is 1. The van der Waals surface area contributed by atoms with Crippen LogP contribution in [0.15, 0.2) is 48.7 Å². The first kappa shape index (κ1) is 18.9. The number of hydrogen-bond acceptors (Lipinski definition) is 6. The first-order valence-electron chi connectivity index (χ1n) is 9.02. The maximum absolute atomic E-state index is 11.7. The number of carbonyl (C=O) groups is 1. The van der Waals surface area contributed by atoms with Gasteiger partial charge in [0.2, 0.25) is 5.88 Å². The summed E-state index contributed by atoms with van der Waals surface area (Å²) < 4.78 is 5.91. The highest BCUT2D eigenvalue weighted by atomic mass is 35.5. The molecule has 2 heterocycles. The van der Waals surface area contributed by atoms with Crippen molar-refractivity contribution < 1.29 is 9.53 Å². The summed E-state index contributed by atoms with van der Waals surface area (Å²) in [4.78, 5) is 15.8. The van der Waals surface area contributed by atoms with E-state index in [-0.39, 0.29) is 12.5 Å². The van der Waals surface area contributed by atoms with E-state index in [1.54, 1.807) is 25.4 Å². The fourth-order valence-electron chi connectivity index (χ4n) is 2.99. The Morgan fingerprint density at radius 1 is 1.21 bits per heavy atom. The number of amides is 1. The Morgan fingerprint density at radius 2 is 2.03 bits per heavy atom. The standard InChI is InChI=1S/C21H18ClN5O2/c1-23-20(28)18-11-13(9-10-24-18)12-29-21-17-4-2-3-16(17)19(26-27-21)25-15-7-5-14(22)6-8-15/h2-3,5-11H,4,12H2,1H3,(H,23,28)(H,25,26). The first-order chi connectivity index (χ1) is 14.1. The largest absolute Gasteiger partial charge is 0.472 e. The molecule has 0 saturated heterocycles. The number of fused-ring (bicyclic) bond motifs is 1. The van der Waals surface area contributed by atoms with Crippen LogP contribution in [0.25, 0.3) is 6.08 Å². The van der Waals surface area contributed by atoms with Crippen LogP contribution in [0.2, 0.25) is 5.02 Å². The minimum Gasteiger partial charge on any atom is -0.472 e. The van der Waals surface area contributed by atoms with Crippen molar-refractivity contribution in [3.05, 3.63) is 76.1 Å². The molecule has 0 aliphatic heterocycles. The van der Waals surface area contributed by atoms with Gasteiger partial charge < -0.3 is 15.4 Å². The van der Waals surface area contributed by atoms with Gasteiger partial charge in [-0.05, 0) is 48.4 Å². The van der Waals surface area contributed by atoms with E-state index in [4.69, 9.17) is 16.3 Å². The second kappa shape index (κ2) is 8.28. The Morgan fingerprint density at radius 3 is 2.83 bits per heavy atom. The predicted octanol–water partition coefficient (Wildman–Crippen LogP) is 3.78. The SMILES string of the molecule is CNC(=O)c1cc(COc2nnc(Nc3ccc(Cl)cc3)c3c2CC=C3)ccn1. The van der Waals surface area contributed by atoms with Gasteiger partial charge in [0.25, 0.3) is 5.91 Å². The van der Waals surface area contributed by atoms with E-state index in [0.29, 0.717) is 22.4 Å². The highest BCUT2D eigenvalue weighted by Gasteiger charge is 2.19. The summed E-state index contributed by atoms with van der Waals surface area (Å²) in [6.45, 7) is 0.262. The second-order valence-corrected chi connectivity index (χ2v) is 6.84. The summed E-state index contributed by atoms with van der Waals surface area (Å²) in [6.07, 6.45) is 6.35. The van der Waals surface area contributed by atoms with Crippen molar-refractivity contribution >= 4 is 35.1 Å². The fraction of sp³-hybridized carbons (Fsp3) is 0.143. The molecule has 0 unspecified atom stereocenters. The number of hydrogen-bond donors (Lipinski definition) is 2. The van der Waals surface area contributed by atoms with E-state index in [0.717, 1.165) is 28.8 Å². The van der Waals surface area contributed by atoms with Crippen LogP contribution in [0.4, 0.5) is 11.5 Å². The second-order valence-electron chi connectivity index (χ2n) is 6.40. The van der Waals surface area contributed by atoms with Gasteiger partial charge in [0, 0.05) is 35.1 Å². The van der Waals surface area contributed by atoms with Crippen molar-refractivity contribution in [2.45, 2.75) is 13.0 Å². The number of aromatic nitrogens is 3. The number of pyridine rings is 1. The van der Waals surface area contributed by atoms with Crippen molar-refractivity contribution in [3.63, 3.8) is 0 Å². The maximum Gasteiger partial charge on any atom is 0.269 e. The minimum atomic E-state index is -0.241. The van der Waals surface area contributed by atoms with E-state index in [9.17, 15) is 4.79 Å². The third kappa shape index (κ3) is 4.20. The van der Waals surface area contributed by atoms with Gasteiger partial charge in [0.1, 0.15) is 12.3 Å². The molecule has 0 atom stereocenters. The molecule has 4 rings (SSSR count). The summed E-state index contributed by atoms with van der Waals surface area (Å²) in [5.41, 5.74) is 3.96. The van der Waals surface area contributed by atoms with E-state index in [2.05, 4.69) is 25.8 Å². The van der Waals surface area contributed by atoms with E-state index in [1.807, 2.05) is 36.4 Å². The van der Waals surface area contributed by atoms with Crippen LogP contribution in [-0.2, 0) is 13.0 Å². The quantitative estimate of drug-likeness (QED) is 0.646. The monoisotopic (exact) mass is 407 g/mol. The molecule has 146 valence electrons. The molecule has 0 fully saturated rings. The van der Waals surface area contributed by atoms with Crippen molar-refractivity contribution in [2.24, 2.45) is 0 Å². The molecule has 1 amide bonds. The summed E-state index contributed by atoms with van der Waals surface area (Å²) in [5.74, 6) is 0.897. The van der Waals surface area contributed by atoms with Crippen molar-refractivity contribution in [3.8, 4) is 5.88 Å². The molecule has 0 spiro atoms. The van der Waals surface area contributed by atoms with Gasteiger partial charge in [0.05, 0.1) is 0 Å². The zero-order valence-electron chi connectivity index (χ0n) is 15.6. The Kier molecular flexibility index (Phi) is 5.39. The topological polar surface area (TPSA) is 89.0 Å². The third-order valence-electron chi connectivity index (χ3n) is 4.45. The van der Waals surface area contributed by atoms with Crippen molar-refractivity contribution in [1.82, 2.24) is 20.5 Å².